The summed E-state index contributed by atoms with van der Waals surface area (Å²) in [5, 5.41) is 1.84. The van der Waals surface area contributed by atoms with E-state index in [4.69, 9.17) is 12.2 Å². The summed E-state index contributed by atoms with van der Waals surface area (Å²) in [7, 11) is 0. The van der Waals surface area contributed by atoms with E-state index in [1.54, 1.807) is 0 Å². The highest BCUT2D eigenvalue weighted by atomic mass is 79.9. The summed E-state index contributed by atoms with van der Waals surface area (Å²) in [6, 6.07) is 0. The molecule has 1 aliphatic heterocycles. The van der Waals surface area contributed by atoms with E-state index in [-0.39, 0.29) is 0 Å². The van der Waals surface area contributed by atoms with Gasteiger partial charge in [-0.05, 0) is 28.8 Å². The molecule has 104 valence electrons. The number of aromatic nitrogens is 2. The summed E-state index contributed by atoms with van der Waals surface area (Å²) in [6.45, 7) is 4.62. The van der Waals surface area contributed by atoms with E-state index in [2.05, 4.69) is 39.7 Å². The molecule has 0 spiro atoms. The highest BCUT2D eigenvalue weighted by Crippen LogP contribution is 2.46. The van der Waals surface area contributed by atoms with Crippen LogP contribution in [0.15, 0.2) is 4.47 Å². The SMILES string of the molecule is CC1SCC(c2nc(=S)c(Br)c(C3CC3)[nH]2)SC1C. The first-order valence-corrected chi connectivity index (χ1v) is 9.82. The van der Waals surface area contributed by atoms with Crippen molar-refractivity contribution in [1.29, 1.82) is 0 Å². The molecule has 1 aromatic heterocycles. The zero-order valence-electron chi connectivity index (χ0n) is 11.0. The van der Waals surface area contributed by atoms with Crippen LogP contribution in [-0.2, 0) is 0 Å². The Morgan fingerprint density at radius 2 is 2.05 bits per heavy atom. The standard InChI is InChI=1S/C13H17BrN2S3/c1-6-7(2)19-9(5-18-6)12-15-11(8-3-4-8)10(14)13(17)16-12/h6-9H,3-5H2,1-2H3,(H,15,16,17). The minimum Gasteiger partial charge on any atom is -0.345 e. The maximum atomic E-state index is 5.40. The summed E-state index contributed by atoms with van der Waals surface area (Å²) in [6.07, 6.45) is 2.54. The third-order valence-electron chi connectivity index (χ3n) is 3.75. The largest absolute Gasteiger partial charge is 0.345 e. The Kier molecular flexibility index (Phi) is 4.32. The molecular weight excluding hydrogens is 360 g/mol. The zero-order chi connectivity index (χ0) is 13.6. The van der Waals surface area contributed by atoms with Crippen LogP contribution >= 0.6 is 51.7 Å². The molecule has 0 aromatic carbocycles. The number of H-pyrrole nitrogens is 1. The van der Waals surface area contributed by atoms with Gasteiger partial charge in [-0.25, -0.2) is 4.98 Å². The molecule has 2 nitrogen and oxygen atoms in total. The van der Waals surface area contributed by atoms with Gasteiger partial charge in [0.05, 0.1) is 9.72 Å². The van der Waals surface area contributed by atoms with Crippen molar-refractivity contribution < 1.29 is 0 Å². The Bertz CT molecular complexity index is 541. The molecule has 2 aliphatic rings. The van der Waals surface area contributed by atoms with E-state index in [1.165, 1.54) is 18.5 Å². The van der Waals surface area contributed by atoms with Gasteiger partial charge in [-0.1, -0.05) is 26.1 Å². The van der Waals surface area contributed by atoms with Crippen LogP contribution in [0.1, 0.15) is 49.4 Å². The van der Waals surface area contributed by atoms with Crippen molar-refractivity contribution in [3.8, 4) is 0 Å². The Morgan fingerprint density at radius 1 is 1.32 bits per heavy atom. The molecule has 2 heterocycles. The van der Waals surface area contributed by atoms with Crippen LogP contribution in [0.5, 0.6) is 0 Å². The van der Waals surface area contributed by atoms with Crippen molar-refractivity contribution in [2.24, 2.45) is 0 Å². The summed E-state index contributed by atoms with van der Waals surface area (Å²) in [5.74, 6) is 2.86. The molecule has 19 heavy (non-hydrogen) atoms. The van der Waals surface area contributed by atoms with Gasteiger partial charge < -0.3 is 4.98 Å². The maximum Gasteiger partial charge on any atom is 0.144 e. The lowest BCUT2D eigenvalue weighted by molar-refractivity contribution is 0.830. The molecule has 3 unspecified atom stereocenters. The van der Waals surface area contributed by atoms with E-state index in [1.807, 2.05) is 23.5 Å². The number of hydrogen-bond donors (Lipinski definition) is 1. The van der Waals surface area contributed by atoms with Crippen LogP contribution in [0.25, 0.3) is 0 Å². The minimum absolute atomic E-state index is 0.448. The van der Waals surface area contributed by atoms with Crippen molar-refractivity contribution in [1.82, 2.24) is 9.97 Å². The van der Waals surface area contributed by atoms with Crippen LogP contribution < -0.4 is 0 Å². The Morgan fingerprint density at radius 3 is 2.68 bits per heavy atom. The molecule has 1 saturated heterocycles. The summed E-state index contributed by atoms with van der Waals surface area (Å²) in [4.78, 5) is 8.17. The fourth-order valence-electron chi connectivity index (χ4n) is 2.23. The summed E-state index contributed by atoms with van der Waals surface area (Å²) >= 11 is 13.1. The molecular formula is C13H17BrN2S3. The van der Waals surface area contributed by atoms with Gasteiger partial charge in [0.25, 0.3) is 0 Å². The van der Waals surface area contributed by atoms with Gasteiger partial charge in [-0.3, -0.25) is 0 Å². The third-order valence-corrected chi connectivity index (χ3v) is 8.51. The number of nitrogens with zero attached hydrogens (tertiary/aromatic N) is 1. The smallest absolute Gasteiger partial charge is 0.144 e. The second-order valence-corrected chi connectivity index (χ2v) is 9.47. The van der Waals surface area contributed by atoms with Gasteiger partial charge in [0.2, 0.25) is 0 Å². The number of aromatic amines is 1. The monoisotopic (exact) mass is 376 g/mol. The molecule has 3 atom stereocenters. The zero-order valence-corrected chi connectivity index (χ0v) is 15.0. The Labute approximate surface area is 136 Å². The average Bonchev–Trinajstić information content (AvgIpc) is 3.20. The predicted molar refractivity (Wildman–Crippen MR) is 90.8 cm³/mol. The molecule has 1 aromatic rings. The first-order chi connectivity index (χ1) is 9.06. The van der Waals surface area contributed by atoms with Gasteiger partial charge in [0.15, 0.2) is 0 Å². The van der Waals surface area contributed by atoms with Gasteiger partial charge in [0.1, 0.15) is 10.5 Å². The molecule has 0 radical (unpaired) electrons. The number of rotatable bonds is 2. The van der Waals surface area contributed by atoms with Crippen molar-refractivity contribution >= 4 is 51.7 Å². The molecule has 3 rings (SSSR count). The van der Waals surface area contributed by atoms with Crippen molar-refractivity contribution in [2.45, 2.75) is 48.4 Å². The van der Waals surface area contributed by atoms with Gasteiger partial charge in [-0.2, -0.15) is 11.8 Å². The second kappa shape index (κ2) is 5.70. The fourth-order valence-corrected chi connectivity index (χ4v) is 5.81. The summed E-state index contributed by atoms with van der Waals surface area (Å²) < 4.78 is 1.72. The van der Waals surface area contributed by atoms with Gasteiger partial charge >= 0.3 is 0 Å². The number of thioether (sulfide) groups is 2. The van der Waals surface area contributed by atoms with Crippen LogP contribution in [-0.4, -0.2) is 26.2 Å². The maximum absolute atomic E-state index is 5.40. The van der Waals surface area contributed by atoms with Crippen LogP contribution in [0, 0.1) is 4.64 Å². The van der Waals surface area contributed by atoms with E-state index >= 15 is 0 Å². The molecule has 1 saturated carbocycles. The molecule has 1 aliphatic carbocycles. The predicted octanol–water partition coefficient (Wildman–Crippen LogP) is 5.08. The minimum atomic E-state index is 0.448. The normalized spacial score (nSPS) is 31.4. The number of halogens is 1. The lowest BCUT2D eigenvalue weighted by Gasteiger charge is -2.30. The van der Waals surface area contributed by atoms with E-state index in [0.717, 1.165) is 21.3 Å². The van der Waals surface area contributed by atoms with Crippen molar-refractivity contribution in [3.05, 3.63) is 20.6 Å². The molecule has 6 heteroatoms. The number of hydrogen-bond acceptors (Lipinski definition) is 4. The highest BCUT2D eigenvalue weighted by Gasteiger charge is 2.31. The topological polar surface area (TPSA) is 28.7 Å². The third kappa shape index (κ3) is 3.06. The lowest BCUT2D eigenvalue weighted by atomic mass is 10.3. The van der Waals surface area contributed by atoms with Crippen LogP contribution in [0.3, 0.4) is 0 Å². The Hall–Kier alpha value is 0.480. The van der Waals surface area contributed by atoms with Gasteiger partial charge in [-0.15, -0.1) is 11.8 Å². The molecule has 1 N–H and O–H groups in total. The fraction of sp³-hybridized carbons (Fsp3) is 0.692. The second-order valence-electron chi connectivity index (χ2n) is 5.30. The molecule has 0 bridgehead atoms. The van der Waals surface area contributed by atoms with Crippen LogP contribution in [0.4, 0.5) is 0 Å². The molecule has 2 fully saturated rings. The van der Waals surface area contributed by atoms with E-state index < -0.39 is 0 Å². The molecule has 0 amide bonds. The first kappa shape index (κ1) is 14.4. The highest BCUT2D eigenvalue weighted by molar-refractivity contribution is 9.10. The summed E-state index contributed by atoms with van der Waals surface area (Å²) in [5.41, 5.74) is 1.27. The average molecular weight is 377 g/mol. The van der Waals surface area contributed by atoms with Crippen LogP contribution in [0.2, 0.25) is 0 Å². The lowest BCUT2D eigenvalue weighted by Crippen LogP contribution is -2.23. The van der Waals surface area contributed by atoms with Crippen molar-refractivity contribution in [3.63, 3.8) is 0 Å². The number of nitrogens with one attached hydrogen (secondary N) is 1. The van der Waals surface area contributed by atoms with Gasteiger partial charge in [0, 0.05) is 27.9 Å². The Balaban J connectivity index is 1.90. The first-order valence-electron chi connectivity index (χ1n) is 6.63. The van der Waals surface area contributed by atoms with E-state index in [9.17, 15) is 0 Å². The van der Waals surface area contributed by atoms with Crippen molar-refractivity contribution in [2.75, 3.05) is 5.75 Å². The van der Waals surface area contributed by atoms with E-state index in [0.29, 0.717) is 21.1 Å². The quantitative estimate of drug-likeness (QED) is 0.728.